The maximum atomic E-state index is 5.82. The fourth-order valence-electron chi connectivity index (χ4n) is 2.66. The number of hydrogen-bond donors (Lipinski definition) is 2. The van der Waals surface area contributed by atoms with Crippen molar-refractivity contribution in [2.75, 3.05) is 26.2 Å². The summed E-state index contributed by atoms with van der Waals surface area (Å²) in [5.74, 6) is 1.69. The zero-order valence-corrected chi connectivity index (χ0v) is 19.5. The highest BCUT2D eigenvalue weighted by molar-refractivity contribution is 14.0. The van der Waals surface area contributed by atoms with Crippen LogP contribution in [0.2, 0.25) is 0 Å². The molecule has 0 aliphatic heterocycles. The Bertz CT molecular complexity index is 648. The summed E-state index contributed by atoms with van der Waals surface area (Å²) in [6, 6.07) is 12.2. The van der Waals surface area contributed by atoms with E-state index >= 15 is 0 Å². The van der Waals surface area contributed by atoms with E-state index in [0.29, 0.717) is 18.4 Å². The smallest absolute Gasteiger partial charge is 0.191 e. The van der Waals surface area contributed by atoms with Gasteiger partial charge in [-0.25, -0.2) is 0 Å². The zero-order chi connectivity index (χ0) is 19.3. The minimum absolute atomic E-state index is 0. The summed E-state index contributed by atoms with van der Waals surface area (Å²) in [5.41, 5.74) is 1.21. The van der Waals surface area contributed by atoms with E-state index in [1.54, 1.807) is 0 Å². The summed E-state index contributed by atoms with van der Waals surface area (Å²) in [4.78, 5) is 4.71. The number of aliphatic imine (C=N–C) groups is 1. The van der Waals surface area contributed by atoms with Gasteiger partial charge in [-0.05, 0) is 30.4 Å². The largest absolute Gasteiger partial charge is 0.376 e. The van der Waals surface area contributed by atoms with Crippen LogP contribution in [0.5, 0.6) is 0 Å². The summed E-state index contributed by atoms with van der Waals surface area (Å²) in [6.07, 6.45) is 3.80. The Morgan fingerprint density at radius 2 is 1.93 bits per heavy atom. The van der Waals surface area contributed by atoms with Crippen LogP contribution in [0.25, 0.3) is 0 Å². The first-order chi connectivity index (χ1) is 13.2. The van der Waals surface area contributed by atoms with E-state index in [4.69, 9.17) is 9.73 Å². The van der Waals surface area contributed by atoms with E-state index in [1.165, 1.54) is 5.56 Å². The highest BCUT2D eigenvalue weighted by Gasteiger charge is 2.07. The number of aromatic nitrogens is 2. The molecule has 2 N–H and O–H groups in total. The molecule has 0 spiro atoms. The highest BCUT2D eigenvalue weighted by atomic mass is 127. The molecule has 2 aromatic rings. The third kappa shape index (κ3) is 10.1. The van der Waals surface area contributed by atoms with E-state index in [9.17, 15) is 0 Å². The number of rotatable bonds is 11. The molecule has 0 aliphatic carbocycles. The van der Waals surface area contributed by atoms with Gasteiger partial charge in [-0.1, -0.05) is 44.2 Å². The molecule has 7 heteroatoms. The normalized spacial score (nSPS) is 13.5. The lowest BCUT2D eigenvalue weighted by atomic mass is 10.2. The van der Waals surface area contributed by atoms with E-state index in [0.717, 1.165) is 38.7 Å². The number of hydrogen-bond acceptors (Lipinski definition) is 3. The van der Waals surface area contributed by atoms with Crippen molar-refractivity contribution in [2.45, 2.75) is 33.9 Å². The van der Waals surface area contributed by atoms with Gasteiger partial charge in [0.25, 0.3) is 0 Å². The average Bonchev–Trinajstić information content (AvgIpc) is 3.18. The molecule has 1 aromatic heterocycles. The third-order valence-electron chi connectivity index (χ3n) is 4.10. The summed E-state index contributed by atoms with van der Waals surface area (Å²) >= 11 is 0. The molecule has 0 aliphatic rings. The number of nitrogens with one attached hydrogen (secondary N) is 2. The highest BCUT2D eigenvalue weighted by Crippen LogP contribution is 2.03. The lowest BCUT2D eigenvalue weighted by molar-refractivity contribution is 0.0931. The molecule has 0 saturated heterocycles. The number of ether oxygens (including phenoxy) is 1. The van der Waals surface area contributed by atoms with Crippen molar-refractivity contribution in [1.29, 1.82) is 0 Å². The molecule has 0 radical (unpaired) electrons. The predicted octanol–water partition coefficient (Wildman–Crippen LogP) is 3.55. The fourth-order valence-corrected chi connectivity index (χ4v) is 2.66. The maximum absolute atomic E-state index is 5.82. The molecule has 1 heterocycles. The molecule has 0 bridgehead atoms. The molecular weight excluding hydrogens is 465 g/mol. The van der Waals surface area contributed by atoms with E-state index < -0.39 is 0 Å². The van der Waals surface area contributed by atoms with E-state index in [2.05, 4.69) is 48.6 Å². The van der Waals surface area contributed by atoms with Gasteiger partial charge in [-0.3, -0.25) is 9.67 Å². The van der Waals surface area contributed by atoms with Gasteiger partial charge in [-0.2, -0.15) is 5.10 Å². The Morgan fingerprint density at radius 3 is 2.61 bits per heavy atom. The van der Waals surface area contributed by atoms with Crippen LogP contribution < -0.4 is 10.6 Å². The van der Waals surface area contributed by atoms with Crippen molar-refractivity contribution in [1.82, 2.24) is 20.4 Å². The molecule has 0 fully saturated rings. The van der Waals surface area contributed by atoms with Gasteiger partial charge in [0, 0.05) is 38.6 Å². The first-order valence-electron chi connectivity index (χ1n) is 9.78. The summed E-state index contributed by atoms with van der Waals surface area (Å²) < 4.78 is 7.77. The van der Waals surface area contributed by atoms with Crippen LogP contribution >= 0.6 is 24.0 Å². The minimum atomic E-state index is 0. The molecule has 0 saturated carbocycles. The molecule has 28 heavy (non-hydrogen) atoms. The second kappa shape index (κ2) is 14.4. The Hall–Kier alpha value is -1.61. The number of guanidine groups is 1. The van der Waals surface area contributed by atoms with Gasteiger partial charge in [0.1, 0.15) is 0 Å². The SMILES string of the molecule is CCNC(=NCC(C)Cn1cccn1)NCC(C)COCc1ccccc1.I. The fraction of sp³-hybridized carbons (Fsp3) is 0.524. The van der Waals surface area contributed by atoms with Gasteiger partial charge in [0.15, 0.2) is 5.96 Å². The number of halogens is 1. The van der Waals surface area contributed by atoms with E-state index in [1.807, 2.05) is 41.3 Å². The van der Waals surface area contributed by atoms with Crippen LogP contribution in [0.1, 0.15) is 26.3 Å². The topological polar surface area (TPSA) is 63.5 Å². The molecule has 2 atom stereocenters. The predicted molar refractivity (Wildman–Crippen MR) is 126 cm³/mol. The second-order valence-corrected chi connectivity index (χ2v) is 7.04. The lowest BCUT2D eigenvalue weighted by Gasteiger charge is -2.17. The molecule has 1 aromatic carbocycles. The maximum Gasteiger partial charge on any atom is 0.191 e. The van der Waals surface area contributed by atoms with Crippen LogP contribution in [0.4, 0.5) is 0 Å². The van der Waals surface area contributed by atoms with E-state index in [-0.39, 0.29) is 24.0 Å². The molecule has 156 valence electrons. The van der Waals surface area contributed by atoms with Gasteiger partial charge in [-0.15, -0.1) is 24.0 Å². The lowest BCUT2D eigenvalue weighted by Crippen LogP contribution is -2.40. The molecule has 0 amide bonds. The summed E-state index contributed by atoms with van der Waals surface area (Å²) in [7, 11) is 0. The van der Waals surface area contributed by atoms with Crippen molar-refractivity contribution in [3.8, 4) is 0 Å². The zero-order valence-electron chi connectivity index (χ0n) is 17.2. The quantitative estimate of drug-likeness (QED) is 0.282. The first-order valence-corrected chi connectivity index (χ1v) is 9.78. The standard InChI is InChI=1S/C21H33N5O.HI/c1-4-22-21(23-13-18(2)15-26-12-8-11-25-26)24-14-19(3)16-27-17-20-9-6-5-7-10-20;/h5-12,18-19H,4,13-17H2,1-3H3,(H2,22,23,24);1H. The van der Waals surface area contributed by atoms with Crippen LogP contribution in [-0.2, 0) is 17.9 Å². The Morgan fingerprint density at radius 1 is 1.14 bits per heavy atom. The van der Waals surface area contributed by atoms with Crippen molar-refractivity contribution in [2.24, 2.45) is 16.8 Å². The third-order valence-corrected chi connectivity index (χ3v) is 4.10. The van der Waals surface area contributed by atoms with Crippen molar-refractivity contribution in [3.05, 3.63) is 54.4 Å². The molecule has 6 nitrogen and oxygen atoms in total. The average molecular weight is 499 g/mol. The monoisotopic (exact) mass is 499 g/mol. The van der Waals surface area contributed by atoms with Crippen molar-refractivity contribution in [3.63, 3.8) is 0 Å². The summed E-state index contributed by atoms with van der Waals surface area (Å²) in [6.45, 7) is 11.1. The Kier molecular flexibility index (Phi) is 12.6. The molecule has 2 unspecified atom stereocenters. The van der Waals surface area contributed by atoms with Crippen LogP contribution in [0.15, 0.2) is 53.8 Å². The van der Waals surface area contributed by atoms with Crippen LogP contribution in [0, 0.1) is 11.8 Å². The summed E-state index contributed by atoms with van der Waals surface area (Å²) in [5, 5.41) is 11.0. The van der Waals surface area contributed by atoms with Gasteiger partial charge < -0.3 is 15.4 Å². The molecular formula is C21H34IN5O. The molecule has 2 rings (SSSR count). The van der Waals surface area contributed by atoms with Crippen LogP contribution in [0.3, 0.4) is 0 Å². The second-order valence-electron chi connectivity index (χ2n) is 7.04. The van der Waals surface area contributed by atoms with Gasteiger partial charge in [0.05, 0.1) is 13.2 Å². The minimum Gasteiger partial charge on any atom is -0.376 e. The van der Waals surface area contributed by atoms with Crippen molar-refractivity contribution >= 4 is 29.9 Å². The number of benzene rings is 1. The first kappa shape index (κ1) is 24.4. The van der Waals surface area contributed by atoms with Crippen molar-refractivity contribution < 1.29 is 4.74 Å². The Labute approximate surface area is 186 Å². The Balaban J connectivity index is 0.00000392. The number of nitrogens with zero attached hydrogens (tertiary/aromatic N) is 3. The van der Waals surface area contributed by atoms with Crippen LogP contribution in [-0.4, -0.2) is 42.0 Å². The van der Waals surface area contributed by atoms with Gasteiger partial charge >= 0.3 is 0 Å². The van der Waals surface area contributed by atoms with Gasteiger partial charge in [0.2, 0.25) is 0 Å².